The highest BCUT2D eigenvalue weighted by molar-refractivity contribution is 5.96. The number of halogens is 1. The minimum absolute atomic E-state index is 0.0674. The van der Waals surface area contributed by atoms with Crippen molar-refractivity contribution in [2.75, 3.05) is 6.54 Å². The van der Waals surface area contributed by atoms with Crippen molar-refractivity contribution in [1.82, 2.24) is 9.88 Å². The summed E-state index contributed by atoms with van der Waals surface area (Å²) in [7, 11) is 0. The first-order valence-electron chi connectivity index (χ1n) is 6.13. The highest BCUT2D eigenvalue weighted by Gasteiger charge is 2.14. The summed E-state index contributed by atoms with van der Waals surface area (Å²) in [6.07, 6.45) is 5.08. The topological polar surface area (TPSA) is 51.1 Å². The van der Waals surface area contributed by atoms with Gasteiger partial charge in [-0.15, -0.1) is 6.42 Å². The highest BCUT2D eigenvalue weighted by atomic mass is 19.1. The van der Waals surface area contributed by atoms with Crippen molar-refractivity contribution in [3.05, 3.63) is 46.1 Å². The molecule has 0 unspecified atom stereocenters. The van der Waals surface area contributed by atoms with Gasteiger partial charge in [-0.2, -0.15) is 0 Å². The van der Waals surface area contributed by atoms with Gasteiger partial charge < -0.3 is 9.88 Å². The van der Waals surface area contributed by atoms with Crippen LogP contribution in [-0.2, 0) is 6.54 Å². The van der Waals surface area contributed by atoms with Crippen LogP contribution in [0, 0.1) is 18.2 Å². The first-order valence-corrected chi connectivity index (χ1v) is 6.13. The lowest BCUT2D eigenvalue weighted by Gasteiger charge is -2.12. The van der Waals surface area contributed by atoms with Gasteiger partial charge in [0, 0.05) is 11.9 Å². The smallest absolute Gasteiger partial charge is 0.268 e. The van der Waals surface area contributed by atoms with E-state index in [0.29, 0.717) is 17.3 Å². The van der Waals surface area contributed by atoms with Crippen LogP contribution in [-0.4, -0.2) is 17.0 Å². The van der Waals surface area contributed by atoms with Crippen molar-refractivity contribution in [3.63, 3.8) is 0 Å². The van der Waals surface area contributed by atoms with E-state index in [9.17, 15) is 14.0 Å². The zero-order chi connectivity index (χ0) is 14.7. The molecule has 1 heterocycles. The Kier molecular flexibility index (Phi) is 3.85. The Balaban J connectivity index is 2.67. The molecule has 20 heavy (non-hydrogen) atoms. The van der Waals surface area contributed by atoms with Crippen LogP contribution in [0.4, 0.5) is 4.39 Å². The monoisotopic (exact) mass is 272 g/mol. The SMILES string of the molecule is C#CCNC(=O)c1cc2cc(F)ccc2c(=O)n1CC. The Labute approximate surface area is 115 Å². The highest BCUT2D eigenvalue weighted by Crippen LogP contribution is 2.14. The number of nitrogens with zero attached hydrogens (tertiary/aromatic N) is 1. The summed E-state index contributed by atoms with van der Waals surface area (Å²) in [5, 5.41) is 3.27. The Morgan fingerprint density at radius 2 is 2.20 bits per heavy atom. The predicted octanol–water partition coefficient (Wildman–Crippen LogP) is 1.52. The van der Waals surface area contributed by atoms with E-state index in [2.05, 4.69) is 11.2 Å². The number of fused-ring (bicyclic) bond motifs is 1. The third-order valence-electron chi connectivity index (χ3n) is 2.97. The van der Waals surface area contributed by atoms with Gasteiger partial charge in [-0.3, -0.25) is 9.59 Å². The van der Waals surface area contributed by atoms with Crippen LogP contribution in [0.25, 0.3) is 10.8 Å². The number of terminal acetylenes is 1. The molecule has 0 aliphatic heterocycles. The van der Waals surface area contributed by atoms with E-state index in [-0.39, 0.29) is 17.8 Å². The third kappa shape index (κ3) is 2.41. The van der Waals surface area contributed by atoms with Crippen LogP contribution in [0.1, 0.15) is 17.4 Å². The van der Waals surface area contributed by atoms with Crippen molar-refractivity contribution in [2.24, 2.45) is 0 Å². The van der Waals surface area contributed by atoms with Crippen LogP contribution in [0.5, 0.6) is 0 Å². The molecule has 102 valence electrons. The van der Waals surface area contributed by atoms with E-state index in [0.717, 1.165) is 0 Å². The normalized spacial score (nSPS) is 10.2. The molecule has 1 aromatic heterocycles. The molecule has 0 atom stereocenters. The summed E-state index contributed by atoms with van der Waals surface area (Å²) in [5.74, 6) is 1.38. The number of nitrogens with one attached hydrogen (secondary N) is 1. The van der Waals surface area contributed by atoms with Crippen LogP contribution in [0.3, 0.4) is 0 Å². The van der Waals surface area contributed by atoms with Gasteiger partial charge in [-0.1, -0.05) is 5.92 Å². The van der Waals surface area contributed by atoms with Gasteiger partial charge in [0.25, 0.3) is 11.5 Å². The van der Waals surface area contributed by atoms with Gasteiger partial charge in [0.2, 0.25) is 0 Å². The summed E-state index contributed by atoms with van der Waals surface area (Å²) in [6.45, 7) is 2.16. The molecule has 2 rings (SSSR count). The minimum Gasteiger partial charge on any atom is -0.340 e. The molecule has 0 saturated heterocycles. The van der Waals surface area contributed by atoms with Gasteiger partial charge in [-0.25, -0.2) is 4.39 Å². The lowest BCUT2D eigenvalue weighted by Crippen LogP contribution is -2.32. The Bertz CT molecular complexity index is 772. The van der Waals surface area contributed by atoms with E-state index < -0.39 is 11.7 Å². The first-order chi connectivity index (χ1) is 9.58. The van der Waals surface area contributed by atoms with Crippen molar-refractivity contribution >= 4 is 16.7 Å². The minimum atomic E-state index is -0.457. The average Bonchev–Trinajstić information content (AvgIpc) is 2.44. The van der Waals surface area contributed by atoms with Gasteiger partial charge in [0.15, 0.2) is 0 Å². The average molecular weight is 272 g/mol. The molecule has 0 bridgehead atoms. The summed E-state index contributed by atoms with van der Waals surface area (Å²) in [5.41, 5.74) is -0.151. The van der Waals surface area contributed by atoms with E-state index >= 15 is 0 Å². The molecule has 0 aliphatic rings. The molecule has 0 fully saturated rings. The first kappa shape index (κ1) is 13.8. The molecular formula is C15H13FN2O2. The fourth-order valence-corrected chi connectivity index (χ4v) is 2.05. The van der Waals surface area contributed by atoms with E-state index in [4.69, 9.17) is 6.42 Å². The molecule has 1 amide bonds. The standard InChI is InChI=1S/C15H13FN2O2/c1-3-7-17-14(19)13-9-10-8-11(16)5-6-12(10)15(20)18(13)4-2/h1,5-6,8-9H,4,7H2,2H3,(H,17,19). The quantitative estimate of drug-likeness (QED) is 0.861. The molecule has 0 spiro atoms. The maximum absolute atomic E-state index is 13.3. The van der Waals surface area contributed by atoms with Crippen molar-refractivity contribution < 1.29 is 9.18 Å². The second-order valence-corrected chi connectivity index (χ2v) is 4.20. The third-order valence-corrected chi connectivity index (χ3v) is 2.97. The number of rotatable bonds is 3. The summed E-state index contributed by atoms with van der Waals surface area (Å²) in [6, 6.07) is 5.37. The van der Waals surface area contributed by atoms with E-state index in [1.165, 1.54) is 28.8 Å². The number of benzene rings is 1. The van der Waals surface area contributed by atoms with E-state index in [1.807, 2.05) is 0 Å². The van der Waals surface area contributed by atoms with Crippen molar-refractivity contribution in [1.29, 1.82) is 0 Å². The summed E-state index contributed by atoms with van der Waals surface area (Å²) >= 11 is 0. The van der Waals surface area contributed by atoms with Crippen LogP contribution in [0.15, 0.2) is 29.1 Å². The lowest BCUT2D eigenvalue weighted by atomic mass is 10.1. The van der Waals surface area contributed by atoms with E-state index in [1.54, 1.807) is 6.92 Å². The maximum Gasteiger partial charge on any atom is 0.268 e. The van der Waals surface area contributed by atoms with Gasteiger partial charge in [-0.05, 0) is 36.6 Å². The zero-order valence-electron chi connectivity index (χ0n) is 10.9. The van der Waals surface area contributed by atoms with Gasteiger partial charge in [0.05, 0.1) is 6.54 Å². The zero-order valence-corrected chi connectivity index (χ0v) is 10.9. The van der Waals surface area contributed by atoms with Crippen LogP contribution >= 0.6 is 0 Å². The number of aromatic nitrogens is 1. The fraction of sp³-hybridized carbons (Fsp3) is 0.200. The van der Waals surface area contributed by atoms with Crippen LogP contribution < -0.4 is 10.9 Å². The molecule has 1 N–H and O–H groups in total. The molecule has 0 aliphatic carbocycles. The number of pyridine rings is 1. The molecular weight excluding hydrogens is 259 g/mol. The van der Waals surface area contributed by atoms with Crippen molar-refractivity contribution in [3.8, 4) is 12.3 Å². The molecule has 5 heteroatoms. The second-order valence-electron chi connectivity index (χ2n) is 4.20. The van der Waals surface area contributed by atoms with Gasteiger partial charge in [0.1, 0.15) is 11.5 Å². The molecule has 4 nitrogen and oxygen atoms in total. The number of hydrogen-bond donors (Lipinski definition) is 1. The molecule has 1 aromatic carbocycles. The summed E-state index contributed by atoms with van der Waals surface area (Å²) in [4.78, 5) is 24.3. The molecule has 0 radical (unpaired) electrons. The molecule has 2 aromatic rings. The molecule has 0 saturated carbocycles. The number of carbonyl (C=O) groups excluding carboxylic acids is 1. The van der Waals surface area contributed by atoms with Crippen LogP contribution in [0.2, 0.25) is 0 Å². The maximum atomic E-state index is 13.3. The number of amides is 1. The number of hydrogen-bond acceptors (Lipinski definition) is 2. The Morgan fingerprint density at radius 1 is 1.45 bits per heavy atom. The van der Waals surface area contributed by atoms with Crippen molar-refractivity contribution in [2.45, 2.75) is 13.5 Å². The second kappa shape index (κ2) is 5.57. The number of carbonyl (C=O) groups is 1. The fourth-order valence-electron chi connectivity index (χ4n) is 2.05. The predicted molar refractivity (Wildman–Crippen MR) is 75.0 cm³/mol. The lowest BCUT2D eigenvalue weighted by molar-refractivity contribution is 0.0948. The van der Waals surface area contributed by atoms with Gasteiger partial charge >= 0.3 is 0 Å². The summed E-state index contributed by atoms with van der Waals surface area (Å²) < 4.78 is 14.6. The Hall–Kier alpha value is -2.61. The Morgan fingerprint density at radius 3 is 2.85 bits per heavy atom. The largest absolute Gasteiger partial charge is 0.340 e.